The summed E-state index contributed by atoms with van der Waals surface area (Å²) in [6, 6.07) is 0. The van der Waals surface area contributed by atoms with Crippen molar-refractivity contribution >= 4 is 22.1 Å². The Morgan fingerprint density at radius 3 is 1.42 bits per heavy atom. The Bertz CT molecular complexity index is 437. The van der Waals surface area contributed by atoms with Crippen LogP contribution >= 0.6 is 0 Å². The van der Waals surface area contributed by atoms with Gasteiger partial charge in [0.2, 0.25) is 0 Å². The van der Waals surface area contributed by atoms with Crippen LogP contribution in [0.2, 0.25) is 11.8 Å². The van der Waals surface area contributed by atoms with Gasteiger partial charge in [-0.2, -0.15) is 0 Å². The Balaban J connectivity index is 1.77. The molecular formula is C20H35N3Sn. The topological polar surface area (TPSA) is 41.6 Å². The quantitative estimate of drug-likeness (QED) is 0.637. The van der Waals surface area contributed by atoms with Crippen LogP contribution in [-0.4, -0.2) is 33.8 Å². The van der Waals surface area contributed by atoms with E-state index in [1.807, 2.05) is 0 Å². The molecule has 1 N–H and O–H groups in total. The van der Waals surface area contributed by atoms with Crippen molar-refractivity contribution in [1.29, 1.82) is 0 Å². The van der Waals surface area contributed by atoms with Crippen molar-refractivity contribution in [2.45, 2.75) is 108 Å². The summed E-state index contributed by atoms with van der Waals surface area (Å²) < 4.78 is 4.73. The molecule has 0 aromatic carbocycles. The third-order valence-corrected chi connectivity index (χ3v) is 27.4. The van der Waals surface area contributed by atoms with Gasteiger partial charge in [0.1, 0.15) is 0 Å². The van der Waals surface area contributed by atoms with Crippen molar-refractivity contribution in [2.75, 3.05) is 0 Å². The van der Waals surface area contributed by atoms with E-state index in [0.29, 0.717) is 0 Å². The molecule has 24 heavy (non-hydrogen) atoms. The zero-order chi connectivity index (χ0) is 16.2. The molecule has 0 aliphatic heterocycles. The Labute approximate surface area is 151 Å². The summed E-state index contributed by atoms with van der Waals surface area (Å²) in [7, 11) is 0. The van der Waals surface area contributed by atoms with Crippen LogP contribution in [0.3, 0.4) is 0 Å². The number of aromatic nitrogens is 3. The van der Waals surface area contributed by atoms with Gasteiger partial charge in [0.25, 0.3) is 0 Å². The molecular weight excluding hydrogens is 401 g/mol. The Kier molecular flexibility index (Phi) is 5.85. The van der Waals surface area contributed by atoms with Crippen LogP contribution < -0.4 is 3.71 Å². The summed E-state index contributed by atoms with van der Waals surface area (Å²) in [6.45, 7) is 0. The monoisotopic (exact) mass is 437 g/mol. The average molecular weight is 436 g/mol. The van der Waals surface area contributed by atoms with Crippen molar-refractivity contribution in [1.82, 2.24) is 15.4 Å². The van der Waals surface area contributed by atoms with Crippen LogP contribution in [0.5, 0.6) is 0 Å². The number of rotatable bonds is 4. The Morgan fingerprint density at radius 2 is 1.08 bits per heavy atom. The molecule has 134 valence electrons. The van der Waals surface area contributed by atoms with E-state index in [-0.39, 0.29) is 0 Å². The minimum atomic E-state index is -2.62. The normalized spacial score (nSPS) is 25.8. The number of nitrogens with one attached hydrogen (secondary N) is 1. The molecule has 1 aromatic rings. The van der Waals surface area contributed by atoms with Gasteiger partial charge >= 0.3 is 152 Å². The predicted molar refractivity (Wildman–Crippen MR) is 102 cm³/mol. The zero-order valence-corrected chi connectivity index (χ0v) is 18.2. The summed E-state index contributed by atoms with van der Waals surface area (Å²) in [5.41, 5.74) is 0. The summed E-state index contributed by atoms with van der Waals surface area (Å²) in [5.74, 6) is 0. The van der Waals surface area contributed by atoms with Crippen LogP contribution in [0.25, 0.3) is 0 Å². The van der Waals surface area contributed by atoms with E-state index in [0.717, 1.165) is 11.8 Å². The molecule has 3 aliphatic rings. The molecule has 0 bridgehead atoms. The second-order valence-electron chi connectivity index (χ2n) is 8.79. The number of nitrogens with zero attached hydrogens (tertiary/aromatic N) is 2. The standard InChI is InChI=1S/3C6H11.C2H2N3.Sn/c3*1-2-4-6-5-3-1;1-2-4-5-3-1;/h3*1H,2-6H2;1H,(H,3,4,5);. The van der Waals surface area contributed by atoms with Gasteiger partial charge in [0.15, 0.2) is 0 Å². The van der Waals surface area contributed by atoms with Crippen molar-refractivity contribution in [3.63, 3.8) is 0 Å². The molecule has 4 heteroatoms. The molecule has 3 saturated carbocycles. The van der Waals surface area contributed by atoms with Crippen molar-refractivity contribution in [3.8, 4) is 0 Å². The van der Waals surface area contributed by atoms with Crippen molar-refractivity contribution in [3.05, 3.63) is 6.20 Å². The molecule has 0 saturated heterocycles. The molecule has 1 aromatic heterocycles. The van der Waals surface area contributed by atoms with Gasteiger partial charge in [-0.25, -0.2) is 0 Å². The van der Waals surface area contributed by atoms with E-state index < -0.39 is 18.4 Å². The van der Waals surface area contributed by atoms with E-state index in [2.05, 4.69) is 16.5 Å². The van der Waals surface area contributed by atoms with E-state index in [1.54, 1.807) is 3.71 Å². The van der Waals surface area contributed by atoms with E-state index in [4.69, 9.17) is 5.10 Å². The predicted octanol–water partition coefficient (Wildman–Crippen LogP) is 5.46. The third-order valence-electron chi connectivity index (χ3n) is 7.70. The zero-order valence-electron chi connectivity index (χ0n) is 15.3. The summed E-state index contributed by atoms with van der Waals surface area (Å²) in [4.78, 5) is 0. The fraction of sp³-hybridized carbons (Fsp3) is 0.900. The molecule has 0 spiro atoms. The summed E-state index contributed by atoms with van der Waals surface area (Å²) in [5, 5.41) is 12.3. The molecule has 0 amide bonds. The van der Waals surface area contributed by atoms with E-state index in [9.17, 15) is 0 Å². The van der Waals surface area contributed by atoms with E-state index >= 15 is 0 Å². The average Bonchev–Trinajstić information content (AvgIpc) is 3.20. The van der Waals surface area contributed by atoms with Gasteiger partial charge in [0.05, 0.1) is 0 Å². The molecule has 3 aliphatic carbocycles. The van der Waals surface area contributed by atoms with Gasteiger partial charge in [-0.15, -0.1) is 0 Å². The van der Waals surface area contributed by atoms with Gasteiger partial charge < -0.3 is 0 Å². The first-order valence-electron chi connectivity index (χ1n) is 10.8. The first-order chi connectivity index (χ1) is 11.9. The van der Waals surface area contributed by atoms with E-state index in [1.165, 1.54) is 96.3 Å². The van der Waals surface area contributed by atoms with Crippen molar-refractivity contribution in [2.24, 2.45) is 0 Å². The molecule has 3 nitrogen and oxygen atoms in total. The third kappa shape index (κ3) is 3.19. The van der Waals surface area contributed by atoms with Crippen LogP contribution in [0.1, 0.15) is 96.3 Å². The molecule has 0 radical (unpaired) electrons. The minimum absolute atomic E-state index is 1.06. The van der Waals surface area contributed by atoms with Crippen LogP contribution in [0.15, 0.2) is 6.20 Å². The Morgan fingerprint density at radius 1 is 0.667 bits per heavy atom. The Hall–Kier alpha value is -0.0613. The SMILES string of the molecule is c1n[nH]n[c]1[Sn]([CH]1CCCCC1)([CH]1CCCCC1)[CH]1CCCCC1. The number of hydrogen-bond donors (Lipinski definition) is 1. The van der Waals surface area contributed by atoms with Gasteiger partial charge in [-0.05, 0) is 0 Å². The first-order valence-corrected chi connectivity index (χ1v) is 17.2. The van der Waals surface area contributed by atoms with Gasteiger partial charge in [-0.1, -0.05) is 0 Å². The molecule has 4 rings (SSSR count). The van der Waals surface area contributed by atoms with Crippen molar-refractivity contribution < 1.29 is 0 Å². The first kappa shape index (κ1) is 17.4. The molecule has 0 unspecified atom stereocenters. The number of aromatic amines is 1. The molecule has 0 atom stereocenters. The molecule has 3 fully saturated rings. The second-order valence-corrected chi connectivity index (χ2v) is 22.6. The van der Waals surface area contributed by atoms with Crippen LogP contribution in [-0.2, 0) is 0 Å². The maximum absolute atomic E-state index is 4.87. The maximum atomic E-state index is 4.87. The fourth-order valence-corrected chi connectivity index (χ4v) is 29.3. The summed E-state index contributed by atoms with van der Waals surface area (Å²) >= 11 is -2.62. The van der Waals surface area contributed by atoms with Gasteiger partial charge in [-0.3, -0.25) is 0 Å². The number of H-pyrrole nitrogens is 1. The number of hydrogen-bond acceptors (Lipinski definition) is 2. The summed E-state index contributed by atoms with van der Waals surface area (Å²) in [6.07, 6.45) is 24.7. The molecule has 1 heterocycles. The fourth-order valence-electron chi connectivity index (χ4n) is 6.78. The second kappa shape index (κ2) is 8.09. The van der Waals surface area contributed by atoms with Crippen LogP contribution in [0.4, 0.5) is 0 Å². The van der Waals surface area contributed by atoms with Crippen LogP contribution in [0, 0.1) is 0 Å². The van der Waals surface area contributed by atoms with Gasteiger partial charge in [0, 0.05) is 0 Å².